The van der Waals surface area contributed by atoms with E-state index in [4.69, 9.17) is 10.2 Å². The number of nitrogens with zero attached hydrogens (tertiary/aromatic N) is 2. The highest BCUT2D eigenvalue weighted by molar-refractivity contribution is 7.18. The monoisotopic (exact) mass is 890 g/mol. The van der Waals surface area contributed by atoms with Crippen molar-refractivity contribution >= 4 is 54.4 Å². The molecular weight excluding hydrogens is 853 g/mol. The van der Waals surface area contributed by atoms with Gasteiger partial charge in [0.25, 0.3) is 0 Å². The molecule has 0 spiro atoms. The molecule has 0 fully saturated rings. The minimum atomic E-state index is 0.914. The highest BCUT2D eigenvalue weighted by atomic mass is 32.1. The largest absolute Gasteiger partial charge is 0.148 e. The first-order valence-corrected chi connectivity index (χ1v) is 24.5. The Kier molecular flexibility index (Phi) is 8.27. The molecule has 15 rings (SSSR count). The molecule has 2 aliphatic carbocycles. The maximum absolute atomic E-state index is 5.04. The van der Waals surface area contributed by atoms with Gasteiger partial charge in [0.15, 0.2) is 0 Å². The van der Waals surface area contributed by atoms with Gasteiger partial charge in [-0.05, 0) is 132 Å². The van der Waals surface area contributed by atoms with Gasteiger partial charge in [0, 0.05) is 11.1 Å². The SMILES string of the molecule is c1ccc(-c2c3c(c(-c4ccccc4)c4ccccc24)-c2ccc(-c4nnc(-c5ccc6c7c(cccc57)-c5c-6c(-c6ccccc6)c6ccccc6c5-c5ccccc5)s4)c4cccc-3c24)cc1. The van der Waals surface area contributed by atoms with Crippen LogP contribution >= 0.6 is 11.3 Å². The van der Waals surface area contributed by atoms with E-state index in [1.807, 2.05) is 0 Å². The van der Waals surface area contributed by atoms with Crippen molar-refractivity contribution < 1.29 is 0 Å². The fourth-order valence-corrected chi connectivity index (χ4v) is 13.0. The van der Waals surface area contributed by atoms with Crippen LogP contribution in [0.1, 0.15) is 0 Å². The molecule has 0 aliphatic heterocycles. The molecular formula is C66H38N2S. The maximum Gasteiger partial charge on any atom is 0.148 e. The van der Waals surface area contributed by atoms with Gasteiger partial charge in [-0.15, -0.1) is 10.2 Å². The van der Waals surface area contributed by atoms with Crippen molar-refractivity contribution in [2.45, 2.75) is 0 Å². The highest BCUT2D eigenvalue weighted by Crippen LogP contribution is 2.61. The van der Waals surface area contributed by atoms with E-state index in [-0.39, 0.29) is 0 Å². The average Bonchev–Trinajstić information content (AvgIpc) is 4.13. The first-order valence-electron chi connectivity index (χ1n) is 23.7. The summed E-state index contributed by atoms with van der Waals surface area (Å²) in [7, 11) is 0. The van der Waals surface area contributed by atoms with E-state index in [0.717, 1.165) is 21.1 Å². The predicted molar refractivity (Wildman–Crippen MR) is 291 cm³/mol. The number of benzene rings is 12. The van der Waals surface area contributed by atoms with Crippen LogP contribution in [0.4, 0.5) is 0 Å². The summed E-state index contributed by atoms with van der Waals surface area (Å²) in [6.45, 7) is 0. The molecule has 13 aromatic rings. The zero-order valence-electron chi connectivity index (χ0n) is 37.2. The fraction of sp³-hybridized carbons (Fsp3) is 0. The molecule has 0 saturated carbocycles. The van der Waals surface area contributed by atoms with Crippen molar-refractivity contribution in [3.63, 3.8) is 0 Å². The molecule has 2 aliphatic rings. The third kappa shape index (κ3) is 5.48. The molecule has 0 bridgehead atoms. The average molecular weight is 891 g/mol. The zero-order chi connectivity index (χ0) is 45.2. The molecule has 2 nitrogen and oxygen atoms in total. The van der Waals surface area contributed by atoms with Crippen LogP contribution < -0.4 is 0 Å². The van der Waals surface area contributed by atoms with E-state index in [2.05, 4.69) is 231 Å². The molecule has 0 N–H and O–H groups in total. The summed E-state index contributed by atoms with van der Waals surface area (Å²) in [6, 6.07) is 84.6. The molecule has 0 radical (unpaired) electrons. The molecule has 0 unspecified atom stereocenters. The van der Waals surface area contributed by atoms with Crippen molar-refractivity contribution in [2.24, 2.45) is 0 Å². The number of fused-ring (bicyclic) bond motifs is 8. The van der Waals surface area contributed by atoms with Gasteiger partial charge in [-0.1, -0.05) is 242 Å². The Morgan fingerprint density at radius 1 is 0.203 bits per heavy atom. The quantitative estimate of drug-likeness (QED) is 0.166. The predicted octanol–water partition coefficient (Wildman–Crippen LogP) is 18.4. The first-order chi connectivity index (χ1) is 34.3. The molecule has 1 heterocycles. The molecule has 0 amide bonds. The molecule has 318 valence electrons. The Balaban J connectivity index is 0.930. The molecule has 3 heteroatoms. The zero-order valence-corrected chi connectivity index (χ0v) is 38.1. The van der Waals surface area contributed by atoms with Crippen LogP contribution in [0.3, 0.4) is 0 Å². The Labute approximate surface area is 403 Å². The topological polar surface area (TPSA) is 25.8 Å². The van der Waals surface area contributed by atoms with Crippen LogP contribution in [-0.4, -0.2) is 10.2 Å². The van der Waals surface area contributed by atoms with E-state index in [1.165, 1.54) is 132 Å². The van der Waals surface area contributed by atoms with E-state index in [1.54, 1.807) is 11.3 Å². The molecule has 0 saturated heterocycles. The summed E-state index contributed by atoms with van der Waals surface area (Å²) in [4.78, 5) is 0. The summed E-state index contributed by atoms with van der Waals surface area (Å²) in [5, 5.41) is 21.9. The van der Waals surface area contributed by atoms with Crippen LogP contribution in [0.25, 0.3) is 153 Å². The van der Waals surface area contributed by atoms with Gasteiger partial charge in [0.05, 0.1) is 0 Å². The Bertz CT molecular complexity index is 3810. The van der Waals surface area contributed by atoms with Crippen molar-refractivity contribution in [2.75, 3.05) is 0 Å². The summed E-state index contributed by atoms with van der Waals surface area (Å²) in [5.41, 5.74) is 22.4. The van der Waals surface area contributed by atoms with Crippen molar-refractivity contribution in [3.05, 3.63) is 231 Å². The van der Waals surface area contributed by atoms with Crippen LogP contribution in [0, 0.1) is 0 Å². The highest BCUT2D eigenvalue weighted by Gasteiger charge is 2.34. The van der Waals surface area contributed by atoms with E-state index in [0.29, 0.717) is 0 Å². The van der Waals surface area contributed by atoms with Crippen molar-refractivity contribution in [3.8, 4) is 110 Å². The summed E-state index contributed by atoms with van der Waals surface area (Å²) < 4.78 is 0. The second-order valence-electron chi connectivity index (χ2n) is 18.2. The molecule has 1 aromatic heterocycles. The molecule has 0 atom stereocenters. The number of rotatable bonds is 6. The third-order valence-corrected chi connectivity index (χ3v) is 15.7. The van der Waals surface area contributed by atoms with Gasteiger partial charge in [0.1, 0.15) is 10.0 Å². The Morgan fingerprint density at radius 3 is 0.783 bits per heavy atom. The van der Waals surface area contributed by atoms with Gasteiger partial charge in [-0.3, -0.25) is 0 Å². The number of aromatic nitrogens is 2. The minimum absolute atomic E-state index is 0.914. The number of hydrogen-bond donors (Lipinski definition) is 0. The normalized spacial score (nSPS) is 12.1. The van der Waals surface area contributed by atoms with Crippen molar-refractivity contribution in [1.29, 1.82) is 0 Å². The van der Waals surface area contributed by atoms with Crippen LogP contribution in [0.2, 0.25) is 0 Å². The minimum Gasteiger partial charge on any atom is -0.138 e. The van der Waals surface area contributed by atoms with E-state index < -0.39 is 0 Å². The maximum atomic E-state index is 5.04. The molecule has 69 heavy (non-hydrogen) atoms. The lowest BCUT2D eigenvalue weighted by atomic mass is 9.82. The standard InChI is InChI=1S/C66H38N2S/c1-5-19-39(20-6-1)55-43-27-13-15-29-45(43)57(41-23-9-3-10-24-41)63-53-37-35-49(47-31-17-33-51(59(47)53)61(55)63)65-67-68-66(69-65)50-36-38-54-60-48(50)32-18-34-52(60)62-56(40-21-7-2-8-22-40)44-28-14-16-30-46(44)58(64(54)62)42-25-11-4-12-26-42/h1-38H. The van der Waals surface area contributed by atoms with Gasteiger partial charge in [-0.2, -0.15) is 0 Å². The van der Waals surface area contributed by atoms with Crippen molar-refractivity contribution in [1.82, 2.24) is 10.2 Å². The second-order valence-corrected chi connectivity index (χ2v) is 19.2. The lowest BCUT2D eigenvalue weighted by molar-refractivity contribution is 1.10. The Hall–Kier alpha value is -8.76. The van der Waals surface area contributed by atoms with Gasteiger partial charge < -0.3 is 0 Å². The fourth-order valence-electron chi connectivity index (χ4n) is 12.0. The number of hydrogen-bond acceptors (Lipinski definition) is 3. The summed E-state index contributed by atoms with van der Waals surface area (Å²) >= 11 is 1.68. The summed E-state index contributed by atoms with van der Waals surface area (Å²) in [5.74, 6) is 0. The third-order valence-electron chi connectivity index (χ3n) is 14.7. The van der Waals surface area contributed by atoms with E-state index in [9.17, 15) is 0 Å². The molecule has 12 aromatic carbocycles. The first kappa shape index (κ1) is 38.4. The lowest BCUT2D eigenvalue weighted by Crippen LogP contribution is -1.93. The lowest BCUT2D eigenvalue weighted by Gasteiger charge is -2.20. The summed E-state index contributed by atoms with van der Waals surface area (Å²) in [6.07, 6.45) is 0. The van der Waals surface area contributed by atoms with Gasteiger partial charge in [0.2, 0.25) is 0 Å². The smallest absolute Gasteiger partial charge is 0.138 e. The van der Waals surface area contributed by atoms with Gasteiger partial charge >= 0.3 is 0 Å². The van der Waals surface area contributed by atoms with Crippen LogP contribution in [0.15, 0.2) is 231 Å². The van der Waals surface area contributed by atoms with Gasteiger partial charge in [-0.25, -0.2) is 0 Å². The second kappa shape index (κ2) is 14.9. The van der Waals surface area contributed by atoms with Crippen LogP contribution in [0.5, 0.6) is 0 Å². The van der Waals surface area contributed by atoms with E-state index >= 15 is 0 Å². The Morgan fingerprint density at radius 2 is 0.464 bits per heavy atom. The van der Waals surface area contributed by atoms with Crippen LogP contribution in [-0.2, 0) is 0 Å².